The van der Waals surface area contributed by atoms with Crippen molar-refractivity contribution in [2.75, 3.05) is 7.11 Å². The van der Waals surface area contributed by atoms with Gasteiger partial charge in [-0.3, -0.25) is 9.59 Å². The predicted octanol–water partition coefficient (Wildman–Crippen LogP) is 4.65. The molecule has 5 rings (SSSR count). The lowest BCUT2D eigenvalue weighted by atomic mass is 9.98. The quantitative estimate of drug-likeness (QED) is 0.360. The van der Waals surface area contributed by atoms with Crippen molar-refractivity contribution in [1.82, 2.24) is 14.8 Å². The van der Waals surface area contributed by atoms with E-state index in [2.05, 4.69) is 26.1 Å². The second-order valence-electron chi connectivity index (χ2n) is 7.98. The molecule has 8 nitrogen and oxygen atoms in total. The molecule has 0 saturated heterocycles. The van der Waals surface area contributed by atoms with Crippen LogP contribution in [0.15, 0.2) is 97.8 Å². The third kappa shape index (κ3) is 4.81. The first kappa shape index (κ1) is 22.8. The molecular formula is C26H21BrN4O4. The van der Waals surface area contributed by atoms with Crippen molar-refractivity contribution in [3.63, 3.8) is 0 Å². The van der Waals surface area contributed by atoms with Crippen molar-refractivity contribution >= 4 is 27.5 Å². The van der Waals surface area contributed by atoms with Crippen molar-refractivity contribution in [3.8, 4) is 17.2 Å². The first-order chi connectivity index (χ1) is 17.0. The van der Waals surface area contributed by atoms with Gasteiger partial charge in [0.25, 0.3) is 11.5 Å². The van der Waals surface area contributed by atoms with Crippen LogP contribution in [0.3, 0.4) is 0 Å². The number of hydrogen-bond acceptors (Lipinski definition) is 6. The highest BCUT2D eigenvalue weighted by Gasteiger charge is 2.33. The molecule has 176 valence electrons. The molecule has 0 radical (unpaired) electrons. The monoisotopic (exact) mass is 532 g/mol. The minimum atomic E-state index is -0.383. The van der Waals surface area contributed by atoms with Crippen molar-refractivity contribution in [2.24, 2.45) is 5.10 Å². The fraction of sp³-hybridized carbons (Fsp3) is 0.154. The lowest BCUT2D eigenvalue weighted by Crippen LogP contribution is -2.34. The lowest BCUT2D eigenvalue weighted by Gasteiger charge is -2.22. The fourth-order valence-corrected chi connectivity index (χ4v) is 4.23. The Labute approximate surface area is 209 Å². The largest absolute Gasteiger partial charge is 0.497 e. The van der Waals surface area contributed by atoms with Crippen LogP contribution in [0.25, 0.3) is 11.5 Å². The van der Waals surface area contributed by atoms with E-state index >= 15 is 0 Å². The molecule has 1 aliphatic heterocycles. The molecule has 4 aromatic rings. The summed E-state index contributed by atoms with van der Waals surface area (Å²) >= 11 is 3.45. The number of amides is 1. The summed E-state index contributed by atoms with van der Waals surface area (Å²) in [7, 11) is 1.61. The van der Waals surface area contributed by atoms with Crippen LogP contribution in [-0.4, -0.2) is 33.5 Å². The summed E-state index contributed by atoms with van der Waals surface area (Å²) in [6, 6.07) is 21.5. The predicted molar refractivity (Wildman–Crippen MR) is 134 cm³/mol. The first-order valence-corrected chi connectivity index (χ1v) is 11.7. The molecule has 3 heterocycles. The molecule has 0 aliphatic carbocycles. The van der Waals surface area contributed by atoms with Gasteiger partial charge < -0.3 is 9.15 Å². The zero-order valence-electron chi connectivity index (χ0n) is 18.8. The van der Waals surface area contributed by atoms with E-state index in [0.717, 1.165) is 31.7 Å². The summed E-state index contributed by atoms with van der Waals surface area (Å²) in [5.41, 5.74) is 2.72. The van der Waals surface area contributed by atoms with E-state index in [9.17, 15) is 9.59 Å². The maximum absolute atomic E-state index is 13.5. The number of hydrogen-bond donors (Lipinski definition) is 0. The minimum absolute atomic E-state index is 0.253. The zero-order valence-corrected chi connectivity index (χ0v) is 20.4. The third-order valence-electron chi connectivity index (χ3n) is 5.77. The molecule has 1 unspecified atom stereocenters. The van der Waals surface area contributed by atoms with Gasteiger partial charge in [-0.2, -0.15) is 10.2 Å². The second kappa shape index (κ2) is 9.71. The number of aromatic nitrogens is 2. The van der Waals surface area contributed by atoms with Gasteiger partial charge in [-0.25, -0.2) is 9.69 Å². The van der Waals surface area contributed by atoms with Crippen LogP contribution in [0, 0.1) is 0 Å². The van der Waals surface area contributed by atoms with E-state index in [1.165, 1.54) is 17.3 Å². The highest BCUT2D eigenvalue weighted by atomic mass is 79.9. The van der Waals surface area contributed by atoms with Crippen LogP contribution < -0.4 is 10.3 Å². The van der Waals surface area contributed by atoms with E-state index in [1.54, 1.807) is 25.3 Å². The highest BCUT2D eigenvalue weighted by molar-refractivity contribution is 9.10. The van der Waals surface area contributed by atoms with Gasteiger partial charge in [-0.05, 0) is 53.6 Å². The van der Waals surface area contributed by atoms with Crippen LogP contribution >= 0.6 is 15.9 Å². The molecule has 0 bridgehead atoms. The number of benzene rings is 2. The summed E-state index contributed by atoms with van der Waals surface area (Å²) in [4.78, 5) is 25.9. The van der Waals surface area contributed by atoms with E-state index in [0.29, 0.717) is 17.9 Å². The number of halogens is 1. The SMILES string of the molecule is COc1ccc(C2CC(c3ccc(Br)cc3)=NN2C(=O)Cn2nc(-c3ccco3)ccc2=O)cc1. The Morgan fingerprint density at radius 1 is 1.09 bits per heavy atom. The van der Waals surface area contributed by atoms with E-state index in [1.807, 2.05) is 48.5 Å². The molecule has 1 amide bonds. The Hall–Kier alpha value is -3.98. The smallest absolute Gasteiger partial charge is 0.267 e. The molecule has 35 heavy (non-hydrogen) atoms. The topological polar surface area (TPSA) is 89.9 Å². The molecule has 0 spiro atoms. The van der Waals surface area contributed by atoms with Crippen molar-refractivity contribution in [2.45, 2.75) is 19.0 Å². The Morgan fingerprint density at radius 3 is 2.54 bits per heavy atom. The van der Waals surface area contributed by atoms with Crippen LogP contribution in [0.4, 0.5) is 0 Å². The average Bonchev–Trinajstić information content (AvgIpc) is 3.57. The molecule has 0 saturated carbocycles. The van der Waals surface area contributed by atoms with E-state index in [-0.39, 0.29) is 24.1 Å². The molecule has 2 aromatic heterocycles. The Balaban J connectivity index is 1.47. The van der Waals surface area contributed by atoms with Gasteiger partial charge in [-0.1, -0.05) is 40.2 Å². The van der Waals surface area contributed by atoms with E-state index in [4.69, 9.17) is 9.15 Å². The summed E-state index contributed by atoms with van der Waals surface area (Å²) in [5.74, 6) is 0.896. The number of furan rings is 1. The number of carbonyl (C=O) groups excluding carboxylic acids is 1. The first-order valence-electron chi connectivity index (χ1n) is 10.9. The Bertz CT molecular complexity index is 1430. The number of carbonyl (C=O) groups is 1. The molecule has 1 aliphatic rings. The van der Waals surface area contributed by atoms with Gasteiger partial charge in [0.2, 0.25) is 0 Å². The van der Waals surface area contributed by atoms with Crippen molar-refractivity contribution < 1.29 is 13.9 Å². The average molecular weight is 533 g/mol. The van der Waals surface area contributed by atoms with Gasteiger partial charge in [0, 0.05) is 17.0 Å². The van der Waals surface area contributed by atoms with Crippen molar-refractivity contribution in [1.29, 1.82) is 0 Å². The van der Waals surface area contributed by atoms with Gasteiger partial charge in [0.05, 0.1) is 25.1 Å². The lowest BCUT2D eigenvalue weighted by molar-refractivity contribution is -0.133. The van der Waals surface area contributed by atoms with Gasteiger partial charge in [0.15, 0.2) is 5.76 Å². The summed E-state index contributed by atoms with van der Waals surface area (Å²) < 4.78 is 12.7. The second-order valence-corrected chi connectivity index (χ2v) is 8.89. The highest BCUT2D eigenvalue weighted by Crippen LogP contribution is 2.34. The number of rotatable bonds is 6. The fourth-order valence-electron chi connectivity index (χ4n) is 3.96. The summed E-state index contributed by atoms with van der Waals surface area (Å²) in [6.45, 7) is -0.253. The van der Waals surface area contributed by atoms with Gasteiger partial charge in [0.1, 0.15) is 18.0 Å². The van der Waals surface area contributed by atoms with Gasteiger partial charge >= 0.3 is 0 Å². The molecule has 2 aromatic carbocycles. The summed E-state index contributed by atoms with van der Waals surface area (Å²) in [6.07, 6.45) is 2.06. The Kier molecular flexibility index (Phi) is 6.33. The van der Waals surface area contributed by atoms with Gasteiger partial charge in [-0.15, -0.1) is 0 Å². The zero-order chi connectivity index (χ0) is 24.4. The number of hydrazone groups is 1. The van der Waals surface area contributed by atoms with Crippen LogP contribution in [-0.2, 0) is 11.3 Å². The molecule has 0 fully saturated rings. The molecule has 9 heteroatoms. The standard InChI is InChI=1S/C26H21BrN4O4/c1-34-20-10-6-18(7-11-20)23-15-22(17-4-8-19(27)9-5-17)29-31(23)26(33)16-30-25(32)13-12-21(28-30)24-3-2-14-35-24/h2-14,23H,15-16H2,1H3. The summed E-state index contributed by atoms with van der Waals surface area (Å²) in [5, 5.41) is 10.5. The van der Waals surface area contributed by atoms with Crippen LogP contribution in [0.5, 0.6) is 5.75 Å². The normalized spacial score (nSPS) is 15.2. The number of methoxy groups -OCH3 is 1. The maximum atomic E-state index is 13.5. The minimum Gasteiger partial charge on any atom is -0.497 e. The Morgan fingerprint density at radius 2 is 1.86 bits per heavy atom. The van der Waals surface area contributed by atoms with Crippen LogP contribution in [0.1, 0.15) is 23.6 Å². The van der Waals surface area contributed by atoms with Crippen molar-refractivity contribution in [3.05, 3.63) is 105 Å². The number of nitrogens with zero attached hydrogens (tertiary/aromatic N) is 4. The number of ether oxygens (including phenoxy) is 1. The van der Waals surface area contributed by atoms with E-state index < -0.39 is 0 Å². The molecule has 0 N–H and O–H groups in total. The third-order valence-corrected chi connectivity index (χ3v) is 6.30. The maximum Gasteiger partial charge on any atom is 0.267 e. The molecular weight excluding hydrogens is 512 g/mol. The molecule has 1 atom stereocenters. The van der Waals surface area contributed by atoms with Crippen LogP contribution in [0.2, 0.25) is 0 Å².